The first-order valence-electron chi connectivity index (χ1n) is 12.6. The Morgan fingerprint density at radius 1 is 1.00 bits per heavy atom. The number of esters is 1. The minimum atomic E-state index is -0.613. The molecule has 1 heterocycles. The van der Waals surface area contributed by atoms with Crippen molar-refractivity contribution < 1.29 is 23.8 Å². The summed E-state index contributed by atoms with van der Waals surface area (Å²) in [6, 6.07) is 18.3. The molecule has 3 aromatic rings. The van der Waals surface area contributed by atoms with Crippen LogP contribution in [0.25, 0.3) is 10.8 Å². The molecule has 9 nitrogen and oxygen atoms in total. The monoisotopic (exact) mass is 546 g/mol. The van der Waals surface area contributed by atoms with Crippen molar-refractivity contribution in [3.63, 3.8) is 0 Å². The molecule has 10 heteroatoms. The molecule has 4 rings (SSSR count). The minimum Gasteiger partial charge on any atom is -0.493 e. The topological polar surface area (TPSA) is 110 Å². The molecule has 0 radical (unpaired) electrons. The summed E-state index contributed by atoms with van der Waals surface area (Å²) in [5.41, 5.74) is 4.89. The Kier molecular flexibility index (Phi) is 9.11. The third kappa shape index (κ3) is 6.53. The van der Waals surface area contributed by atoms with E-state index in [0.717, 1.165) is 16.3 Å². The summed E-state index contributed by atoms with van der Waals surface area (Å²) < 4.78 is 16.9. The summed E-state index contributed by atoms with van der Waals surface area (Å²) in [6.07, 6.45) is 1.57. The van der Waals surface area contributed by atoms with Gasteiger partial charge in [0.25, 0.3) is 5.91 Å². The average molecular weight is 547 g/mol. The van der Waals surface area contributed by atoms with Gasteiger partial charge in [-0.25, -0.2) is 10.2 Å². The highest BCUT2D eigenvalue weighted by Gasteiger charge is 2.32. The molecular weight excluding hydrogens is 516 g/mol. The van der Waals surface area contributed by atoms with Crippen LogP contribution < -0.4 is 25.5 Å². The van der Waals surface area contributed by atoms with E-state index in [1.165, 1.54) is 0 Å². The van der Waals surface area contributed by atoms with Crippen LogP contribution in [0.15, 0.2) is 77.0 Å². The van der Waals surface area contributed by atoms with E-state index in [4.69, 9.17) is 26.4 Å². The molecule has 0 aliphatic carbocycles. The predicted molar refractivity (Wildman–Crippen MR) is 154 cm³/mol. The number of hydrogen-bond donors (Lipinski definition) is 3. The molecule has 0 saturated heterocycles. The van der Waals surface area contributed by atoms with E-state index in [2.05, 4.69) is 21.2 Å². The Morgan fingerprint density at radius 3 is 2.56 bits per heavy atom. The van der Waals surface area contributed by atoms with Crippen molar-refractivity contribution in [2.45, 2.75) is 26.8 Å². The molecule has 202 valence electrons. The van der Waals surface area contributed by atoms with Crippen molar-refractivity contribution in [3.8, 4) is 11.5 Å². The zero-order valence-corrected chi connectivity index (χ0v) is 22.8. The number of thiocarbonyl (C=S) groups is 1. The molecular formula is C29H30N4O5S. The van der Waals surface area contributed by atoms with Gasteiger partial charge in [-0.05, 0) is 55.9 Å². The van der Waals surface area contributed by atoms with E-state index in [1.54, 1.807) is 38.3 Å². The molecule has 0 aromatic heterocycles. The lowest BCUT2D eigenvalue weighted by Gasteiger charge is -2.30. The SMILES string of the molecule is CCOC(=O)C1=C(C)NC(=S)N[C@H]1c1ccccc1OCC(=O)NN=Cc1c(OCC)ccc2ccccc12. The number of benzene rings is 3. The minimum absolute atomic E-state index is 0.233. The van der Waals surface area contributed by atoms with E-state index in [0.29, 0.717) is 40.1 Å². The maximum Gasteiger partial charge on any atom is 0.338 e. The first-order valence-corrected chi connectivity index (χ1v) is 13.0. The third-order valence-corrected chi connectivity index (χ3v) is 6.19. The highest BCUT2D eigenvalue weighted by Crippen LogP contribution is 2.33. The molecule has 3 aromatic carbocycles. The maximum absolute atomic E-state index is 12.7. The molecule has 1 aliphatic heterocycles. The Bertz CT molecular complexity index is 1450. The quantitative estimate of drug-likeness (QED) is 0.151. The van der Waals surface area contributed by atoms with Gasteiger partial charge in [-0.1, -0.05) is 48.5 Å². The average Bonchev–Trinajstić information content (AvgIpc) is 2.92. The van der Waals surface area contributed by atoms with Crippen LogP contribution in [0.3, 0.4) is 0 Å². The number of nitrogens with one attached hydrogen (secondary N) is 3. The number of carbonyl (C=O) groups is 2. The van der Waals surface area contributed by atoms with E-state index >= 15 is 0 Å². The molecule has 39 heavy (non-hydrogen) atoms. The first kappa shape index (κ1) is 27.6. The van der Waals surface area contributed by atoms with Gasteiger partial charge in [0.15, 0.2) is 11.7 Å². The van der Waals surface area contributed by atoms with Gasteiger partial charge in [0.05, 0.1) is 31.0 Å². The van der Waals surface area contributed by atoms with Crippen LogP contribution in [0.5, 0.6) is 11.5 Å². The Balaban J connectivity index is 1.49. The second-order valence-electron chi connectivity index (χ2n) is 8.54. The summed E-state index contributed by atoms with van der Waals surface area (Å²) in [6.45, 7) is 5.85. The molecule has 3 N–H and O–H groups in total. The van der Waals surface area contributed by atoms with Crippen LogP contribution in [-0.2, 0) is 14.3 Å². The van der Waals surface area contributed by atoms with Crippen molar-refractivity contribution in [2.75, 3.05) is 19.8 Å². The number of rotatable bonds is 10. The van der Waals surface area contributed by atoms with Crippen LogP contribution in [0.4, 0.5) is 0 Å². The summed E-state index contributed by atoms with van der Waals surface area (Å²) in [4.78, 5) is 25.3. The van der Waals surface area contributed by atoms with Crippen molar-refractivity contribution >= 4 is 46.2 Å². The van der Waals surface area contributed by atoms with Crippen molar-refractivity contribution in [1.29, 1.82) is 0 Å². The summed E-state index contributed by atoms with van der Waals surface area (Å²) in [5, 5.41) is 12.6. The van der Waals surface area contributed by atoms with Crippen LogP contribution in [-0.4, -0.2) is 43.0 Å². The highest BCUT2D eigenvalue weighted by atomic mass is 32.1. The van der Waals surface area contributed by atoms with Gasteiger partial charge in [0.1, 0.15) is 11.5 Å². The normalized spacial score (nSPS) is 15.1. The molecule has 0 bridgehead atoms. The number of amides is 1. The fourth-order valence-electron chi connectivity index (χ4n) is 4.29. The Morgan fingerprint density at radius 2 is 1.77 bits per heavy atom. The van der Waals surface area contributed by atoms with Gasteiger partial charge < -0.3 is 24.8 Å². The largest absolute Gasteiger partial charge is 0.493 e. The van der Waals surface area contributed by atoms with Gasteiger partial charge >= 0.3 is 5.97 Å². The lowest BCUT2D eigenvalue weighted by Crippen LogP contribution is -2.45. The van der Waals surface area contributed by atoms with E-state index < -0.39 is 17.9 Å². The number of ether oxygens (including phenoxy) is 3. The number of hydrogen-bond acceptors (Lipinski definition) is 7. The fraction of sp³-hybridized carbons (Fsp3) is 0.241. The lowest BCUT2D eigenvalue weighted by molar-refractivity contribution is -0.139. The number of fused-ring (bicyclic) bond motifs is 1. The number of carbonyl (C=O) groups excluding carboxylic acids is 2. The number of allylic oxidation sites excluding steroid dienone is 1. The van der Waals surface area contributed by atoms with Crippen LogP contribution >= 0.6 is 12.2 Å². The number of para-hydroxylation sites is 1. The van der Waals surface area contributed by atoms with Gasteiger partial charge in [0.2, 0.25) is 0 Å². The Labute approximate surface area is 232 Å². The van der Waals surface area contributed by atoms with Gasteiger partial charge in [-0.15, -0.1) is 0 Å². The summed E-state index contributed by atoms with van der Waals surface area (Å²) in [5.74, 6) is 0.170. The van der Waals surface area contributed by atoms with Crippen molar-refractivity contribution in [1.82, 2.24) is 16.1 Å². The van der Waals surface area contributed by atoms with E-state index in [-0.39, 0.29) is 13.2 Å². The summed E-state index contributed by atoms with van der Waals surface area (Å²) >= 11 is 5.32. The van der Waals surface area contributed by atoms with Gasteiger partial charge in [-0.2, -0.15) is 5.10 Å². The second-order valence-corrected chi connectivity index (χ2v) is 8.95. The molecule has 1 aliphatic rings. The fourth-order valence-corrected chi connectivity index (χ4v) is 4.56. The third-order valence-electron chi connectivity index (χ3n) is 5.97. The van der Waals surface area contributed by atoms with Gasteiger partial charge in [0, 0.05) is 16.8 Å². The van der Waals surface area contributed by atoms with Crippen molar-refractivity contribution in [2.24, 2.45) is 5.10 Å². The van der Waals surface area contributed by atoms with E-state index in [9.17, 15) is 9.59 Å². The maximum atomic E-state index is 12.7. The summed E-state index contributed by atoms with van der Waals surface area (Å²) in [7, 11) is 0. The predicted octanol–water partition coefficient (Wildman–Crippen LogP) is 4.12. The molecule has 1 amide bonds. The van der Waals surface area contributed by atoms with Crippen molar-refractivity contribution in [3.05, 3.63) is 83.1 Å². The molecule has 0 spiro atoms. The van der Waals surface area contributed by atoms with Crippen LogP contribution in [0.2, 0.25) is 0 Å². The van der Waals surface area contributed by atoms with Crippen LogP contribution in [0.1, 0.15) is 37.9 Å². The number of hydrazone groups is 1. The lowest BCUT2D eigenvalue weighted by atomic mass is 9.95. The van der Waals surface area contributed by atoms with Gasteiger partial charge in [-0.3, -0.25) is 4.79 Å². The standard InChI is InChI=1S/C29H30N4O5S/c1-4-36-24-15-14-19-10-6-7-11-20(19)22(24)16-30-33-25(34)17-38-23-13-9-8-12-21(23)27-26(28(35)37-5-2)18(3)31-29(39)32-27/h6-16,27H,4-5,17H2,1-3H3,(H,33,34)(H2,31,32,39)/t27-/m0/s1. The van der Waals surface area contributed by atoms with Crippen LogP contribution in [0, 0.1) is 0 Å². The molecule has 0 saturated carbocycles. The number of nitrogens with zero attached hydrogens (tertiary/aromatic N) is 1. The smallest absolute Gasteiger partial charge is 0.338 e. The second kappa shape index (κ2) is 12.9. The molecule has 0 fully saturated rings. The first-order chi connectivity index (χ1) is 18.9. The van der Waals surface area contributed by atoms with E-state index in [1.807, 2.05) is 49.4 Å². The highest BCUT2D eigenvalue weighted by molar-refractivity contribution is 7.80. The molecule has 0 unspecified atom stereocenters. The molecule has 1 atom stereocenters. The zero-order valence-electron chi connectivity index (χ0n) is 21.9. The Hall–Kier alpha value is -4.44. The zero-order chi connectivity index (χ0) is 27.8.